The molecule has 256 valence electrons. The Kier molecular flexibility index (Phi) is 8.24. The van der Waals surface area contributed by atoms with Crippen LogP contribution in [0.2, 0.25) is 0 Å². The largest absolute Gasteiger partial charge is 0.377 e. The number of aryl methyl sites for hydroxylation is 1. The summed E-state index contributed by atoms with van der Waals surface area (Å²) >= 11 is 0. The summed E-state index contributed by atoms with van der Waals surface area (Å²) in [5, 5.41) is 12.3. The number of nitrogens with zero attached hydrogens (tertiary/aromatic N) is 1. The lowest BCUT2D eigenvalue weighted by Crippen LogP contribution is -2.19. The molecule has 0 aliphatic carbocycles. The fourth-order valence-corrected chi connectivity index (χ4v) is 8.32. The van der Waals surface area contributed by atoms with Gasteiger partial charge in [-0.05, 0) is 126 Å². The van der Waals surface area contributed by atoms with Gasteiger partial charge in [0.25, 0.3) is 0 Å². The Bertz CT molecular complexity index is 2820. The molecule has 1 aliphatic rings. The summed E-state index contributed by atoms with van der Waals surface area (Å²) in [5.74, 6) is 0. The molecule has 1 N–H and O–H groups in total. The Labute approximate surface area is 311 Å². The molecule has 2 nitrogen and oxygen atoms in total. The summed E-state index contributed by atoms with van der Waals surface area (Å²) < 4.78 is 0. The number of aromatic nitrogens is 1. The van der Waals surface area contributed by atoms with E-state index >= 15 is 0 Å². The van der Waals surface area contributed by atoms with E-state index in [4.69, 9.17) is 4.98 Å². The number of nitrogens with one attached hydrogen (secondary N) is 1. The maximum absolute atomic E-state index is 5.24. The van der Waals surface area contributed by atoms with E-state index in [1.165, 1.54) is 76.8 Å². The molecule has 2 heterocycles. The average molecular weight is 683 g/mol. The molecular formula is C51H42N2. The maximum atomic E-state index is 5.24. The molecule has 0 amide bonds. The van der Waals surface area contributed by atoms with Crippen LogP contribution in [0, 0.1) is 0 Å². The van der Waals surface area contributed by atoms with Gasteiger partial charge in [-0.2, -0.15) is 0 Å². The molecule has 0 fully saturated rings. The van der Waals surface area contributed by atoms with Crippen LogP contribution in [0.5, 0.6) is 0 Å². The third kappa shape index (κ3) is 5.54. The zero-order valence-corrected chi connectivity index (χ0v) is 30.6. The second-order valence-corrected chi connectivity index (χ2v) is 14.1. The standard InChI is InChI=1S/C51H42N2/c1-5-13-43-42(8-4)48(38-20-18-32-14-9-11-16-35(32)28-38)44-26-24-37(30-47(44)49(43)39-21-19-33-15-10-12-17-36(33)29-39)46-31-41(7-3)53-51-45(46)27-23-34-22-25-40(6-2)52-50(34)51/h5,8-31,40,52H,4,6-7H2,1-3H3/b13-5-. The number of benzene rings is 7. The van der Waals surface area contributed by atoms with Crippen LogP contribution in [0.25, 0.3) is 94.8 Å². The van der Waals surface area contributed by atoms with Crippen LogP contribution in [-0.2, 0) is 6.42 Å². The molecule has 1 atom stereocenters. The number of hydrogen-bond donors (Lipinski definition) is 1. The lowest BCUT2D eigenvalue weighted by Gasteiger charge is -2.24. The molecule has 9 rings (SSSR count). The highest BCUT2D eigenvalue weighted by Crippen LogP contribution is 2.46. The third-order valence-corrected chi connectivity index (χ3v) is 11.0. The molecule has 0 spiro atoms. The van der Waals surface area contributed by atoms with E-state index in [1.807, 2.05) is 0 Å². The Balaban J connectivity index is 1.39. The zero-order chi connectivity index (χ0) is 36.1. The first kappa shape index (κ1) is 32.6. The zero-order valence-electron chi connectivity index (χ0n) is 30.6. The summed E-state index contributed by atoms with van der Waals surface area (Å²) in [6.45, 7) is 11.0. The van der Waals surface area contributed by atoms with Gasteiger partial charge in [-0.1, -0.05) is 148 Å². The highest BCUT2D eigenvalue weighted by molar-refractivity contribution is 6.15. The van der Waals surface area contributed by atoms with Crippen molar-refractivity contribution in [3.8, 4) is 33.4 Å². The molecule has 2 heteroatoms. The van der Waals surface area contributed by atoms with Crippen LogP contribution < -0.4 is 5.32 Å². The van der Waals surface area contributed by atoms with Crippen LogP contribution in [0.4, 0.5) is 5.69 Å². The predicted molar refractivity (Wildman–Crippen MR) is 231 cm³/mol. The second kappa shape index (κ2) is 13.4. The Morgan fingerprint density at radius 1 is 0.660 bits per heavy atom. The predicted octanol–water partition coefficient (Wildman–Crippen LogP) is 14.2. The van der Waals surface area contributed by atoms with Crippen molar-refractivity contribution in [3.63, 3.8) is 0 Å². The molecule has 0 saturated carbocycles. The number of allylic oxidation sites excluding steroid dienone is 1. The van der Waals surface area contributed by atoms with Crippen molar-refractivity contribution in [2.24, 2.45) is 0 Å². The maximum Gasteiger partial charge on any atom is 0.0949 e. The highest BCUT2D eigenvalue weighted by atomic mass is 14.9. The third-order valence-electron chi connectivity index (χ3n) is 11.0. The minimum Gasteiger partial charge on any atom is -0.377 e. The van der Waals surface area contributed by atoms with Crippen molar-refractivity contribution in [2.75, 3.05) is 5.32 Å². The SMILES string of the molecule is C=Cc1c(/C=C\C)c(-c2ccc3ccccc3c2)c2cc(-c3cc(CC)nc4c5c(ccc34)C=CC(CC)N5)ccc2c1-c1ccc2ccccc2c1. The number of fused-ring (bicyclic) bond motifs is 6. The minimum absolute atomic E-state index is 0.298. The van der Waals surface area contributed by atoms with E-state index in [9.17, 15) is 0 Å². The molecule has 1 unspecified atom stereocenters. The topological polar surface area (TPSA) is 24.9 Å². The molecule has 0 saturated heterocycles. The van der Waals surface area contributed by atoms with Crippen molar-refractivity contribution in [1.29, 1.82) is 0 Å². The lowest BCUT2D eigenvalue weighted by molar-refractivity contribution is 0.832. The summed E-state index contributed by atoms with van der Waals surface area (Å²) in [6, 6.07) is 45.2. The summed E-state index contributed by atoms with van der Waals surface area (Å²) in [7, 11) is 0. The monoisotopic (exact) mass is 682 g/mol. The number of pyridine rings is 1. The van der Waals surface area contributed by atoms with Crippen molar-refractivity contribution in [2.45, 2.75) is 39.7 Å². The number of anilines is 1. The van der Waals surface area contributed by atoms with E-state index in [0.717, 1.165) is 40.7 Å². The van der Waals surface area contributed by atoms with Crippen LogP contribution >= 0.6 is 0 Å². The van der Waals surface area contributed by atoms with Gasteiger partial charge in [-0.25, -0.2) is 0 Å². The van der Waals surface area contributed by atoms with Gasteiger partial charge in [0.1, 0.15) is 0 Å². The highest BCUT2D eigenvalue weighted by Gasteiger charge is 2.22. The lowest BCUT2D eigenvalue weighted by atomic mass is 9.81. The molecule has 8 aromatic rings. The van der Waals surface area contributed by atoms with Crippen molar-refractivity contribution in [1.82, 2.24) is 4.98 Å². The van der Waals surface area contributed by atoms with Crippen molar-refractivity contribution >= 4 is 67.1 Å². The van der Waals surface area contributed by atoms with Crippen LogP contribution in [0.15, 0.2) is 140 Å². The van der Waals surface area contributed by atoms with Gasteiger partial charge in [-0.15, -0.1) is 0 Å². The summed E-state index contributed by atoms with van der Waals surface area (Å²) in [4.78, 5) is 5.24. The second-order valence-electron chi connectivity index (χ2n) is 14.1. The van der Waals surface area contributed by atoms with Gasteiger partial charge in [0.2, 0.25) is 0 Å². The van der Waals surface area contributed by atoms with Gasteiger partial charge >= 0.3 is 0 Å². The van der Waals surface area contributed by atoms with Crippen LogP contribution in [-0.4, -0.2) is 11.0 Å². The first-order valence-corrected chi connectivity index (χ1v) is 18.9. The molecule has 0 radical (unpaired) electrons. The average Bonchev–Trinajstić information content (AvgIpc) is 3.22. The van der Waals surface area contributed by atoms with Crippen LogP contribution in [0.3, 0.4) is 0 Å². The molecule has 1 aromatic heterocycles. The van der Waals surface area contributed by atoms with E-state index in [1.54, 1.807) is 0 Å². The number of hydrogen-bond acceptors (Lipinski definition) is 2. The van der Waals surface area contributed by atoms with Gasteiger partial charge in [-0.3, -0.25) is 4.98 Å². The smallest absolute Gasteiger partial charge is 0.0949 e. The fraction of sp³-hybridized carbons (Fsp3) is 0.118. The normalized spacial score (nSPS) is 14.0. The molecular weight excluding hydrogens is 641 g/mol. The minimum atomic E-state index is 0.298. The van der Waals surface area contributed by atoms with E-state index in [-0.39, 0.29) is 0 Å². The van der Waals surface area contributed by atoms with Gasteiger partial charge < -0.3 is 5.32 Å². The quantitative estimate of drug-likeness (QED) is 0.181. The van der Waals surface area contributed by atoms with Gasteiger partial charge in [0.05, 0.1) is 11.2 Å². The first-order chi connectivity index (χ1) is 26.1. The van der Waals surface area contributed by atoms with Crippen LogP contribution in [0.1, 0.15) is 49.6 Å². The van der Waals surface area contributed by atoms with E-state index < -0.39 is 0 Å². The molecule has 7 aromatic carbocycles. The van der Waals surface area contributed by atoms with Crippen molar-refractivity contribution in [3.05, 3.63) is 162 Å². The summed E-state index contributed by atoms with van der Waals surface area (Å²) in [5.41, 5.74) is 14.0. The molecule has 1 aliphatic heterocycles. The Hall–Kier alpha value is -6.25. The molecule has 53 heavy (non-hydrogen) atoms. The van der Waals surface area contributed by atoms with E-state index in [2.05, 4.69) is 184 Å². The first-order valence-electron chi connectivity index (χ1n) is 18.9. The fourth-order valence-electron chi connectivity index (χ4n) is 8.32. The Morgan fingerprint density at radius 2 is 1.30 bits per heavy atom. The molecule has 0 bridgehead atoms. The van der Waals surface area contributed by atoms with Gasteiger partial charge in [0.15, 0.2) is 0 Å². The van der Waals surface area contributed by atoms with Crippen molar-refractivity contribution < 1.29 is 0 Å². The Morgan fingerprint density at radius 3 is 1.94 bits per heavy atom. The summed E-state index contributed by atoms with van der Waals surface area (Å²) in [6.07, 6.45) is 12.9. The van der Waals surface area contributed by atoms with E-state index in [0.29, 0.717) is 6.04 Å². The van der Waals surface area contributed by atoms with Gasteiger partial charge in [0, 0.05) is 17.1 Å². The number of rotatable bonds is 7.